The summed E-state index contributed by atoms with van der Waals surface area (Å²) in [6, 6.07) is 14.3. The molecule has 0 amide bonds. The topological polar surface area (TPSA) is 47.3 Å². The van der Waals surface area contributed by atoms with Crippen LogP contribution in [-0.2, 0) is 6.54 Å². The number of thiophene rings is 1. The van der Waals surface area contributed by atoms with E-state index in [0.717, 1.165) is 36.2 Å². The molecule has 138 valence electrons. The van der Waals surface area contributed by atoms with E-state index in [-0.39, 0.29) is 5.82 Å². The lowest BCUT2D eigenvalue weighted by atomic mass is 10.1. The maximum absolute atomic E-state index is 13.3. The molecule has 2 aromatic heterocycles. The predicted octanol–water partition coefficient (Wildman–Crippen LogP) is 5.25. The number of halogens is 1. The maximum atomic E-state index is 13.3. The zero-order valence-corrected chi connectivity index (χ0v) is 15.5. The molecule has 0 atom stereocenters. The van der Waals surface area contributed by atoms with E-state index in [4.69, 9.17) is 9.26 Å². The summed E-state index contributed by atoms with van der Waals surface area (Å²) in [5.74, 6) is 1.12. The smallest absolute Gasteiger partial charge is 0.174 e. The highest BCUT2D eigenvalue weighted by Gasteiger charge is 2.11. The van der Waals surface area contributed by atoms with Gasteiger partial charge in [-0.3, -0.25) is 0 Å². The van der Waals surface area contributed by atoms with Crippen molar-refractivity contribution < 1.29 is 13.7 Å². The fraction of sp³-hybridized carbons (Fsp3) is 0.190. The first kappa shape index (κ1) is 17.7. The van der Waals surface area contributed by atoms with E-state index in [0.29, 0.717) is 17.9 Å². The summed E-state index contributed by atoms with van der Waals surface area (Å²) in [6.07, 6.45) is 0.935. The SMILES string of the molecule is Fc1ccc2c(-c3ccc(OCCCNCc4ccsc4)cc3)onc2c1. The molecule has 0 saturated heterocycles. The van der Waals surface area contributed by atoms with Gasteiger partial charge in [-0.1, -0.05) is 5.16 Å². The van der Waals surface area contributed by atoms with E-state index in [1.165, 1.54) is 17.7 Å². The van der Waals surface area contributed by atoms with Gasteiger partial charge >= 0.3 is 0 Å². The fourth-order valence-corrected chi connectivity index (χ4v) is 3.51. The fourth-order valence-electron chi connectivity index (χ4n) is 2.84. The molecule has 4 rings (SSSR count). The van der Waals surface area contributed by atoms with Crippen molar-refractivity contribution in [2.75, 3.05) is 13.2 Å². The largest absolute Gasteiger partial charge is 0.494 e. The summed E-state index contributed by atoms with van der Waals surface area (Å²) in [4.78, 5) is 0. The summed E-state index contributed by atoms with van der Waals surface area (Å²) >= 11 is 1.71. The van der Waals surface area contributed by atoms with Crippen LogP contribution < -0.4 is 10.1 Å². The van der Waals surface area contributed by atoms with Crippen molar-refractivity contribution in [1.29, 1.82) is 0 Å². The molecule has 6 heteroatoms. The van der Waals surface area contributed by atoms with Crippen LogP contribution in [0.25, 0.3) is 22.2 Å². The van der Waals surface area contributed by atoms with Crippen LogP contribution in [0.2, 0.25) is 0 Å². The summed E-state index contributed by atoms with van der Waals surface area (Å²) < 4.78 is 24.4. The summed E-state index contributed by atoms with van der Waals surface area (Å²) in [5.41, 5.74) is 2.72. The monoisotopic (exact) mass is 382 g/mol. The van der Waals surface area contributed by atoms with Gasteiger partial charge in [0.05, 0.1) is 6.61 Å². The Balaban J connectivity index is 1.28. The van der Waals surface area contributed by atoms with E-state index in [1.54, 1.807) is 17.4 Å². The Labute approximate surface area is 160 Å². The van der Waals surface area contributed by atoms with Crippen molar-refractivity contribution in [2.24, 2.45) is 0 Å². The van der Waals surface area contributed by atoms with E-state index in [2.05, 4.69) is 27.3 Å². The van der Waals surface area contributed by atoms with Crippen LogP contribution >= 0.6 is 11.3 Å². The molecule has 0 spiro atoms. The molecule has 4 nitrogen and oxygen atoms in total. The Morgan fingerprint density at radius 2 is 2.00 bits per heavy atom. The van der Waals surface area contributed by atoms with Crippen LogP contribution in [-0.4, -0.2) is 18.3 Å². The lowest BCUT2D eigenvalue weighted by Crippen LogP contribution is -2.16. The molecule has 4 aromatic rings. The predicted molar refractivity (Wildman–Crippen MR) is 106 cm³/mol. The average Bonchev–Trinajstić information content (AvgIpc) is 3.34. The zero-order valence-electron chi connectivity index (χ0n) is 14.7. The Morgan fingerprint density at radius 1 is 1.11 bits per heavy atom. The summed E-state index contributed by atoms with van der Waals surface area (Å²) in [6.45, 7) is 2.46. The molecule has 0 unspecified atom stereocenters. The van der Waals surface area contributed by atoms with Gasteiger partial charge < -0.3 is 14.6 Å². The molecule has 0 bridgehead atoms. The third-order valence-corrected chi connectivity index (χ3v) is 4.96. The second-order valence-electron chi connectivity index (χ2n) is 6.21. The van der Waals surface area contributed by atoms with Crippen molar-refractivity contribution in [3.05, 3.63) is 70.7 Å². The first-order valence-electron chi connectivity index (χ1n) is 8.79. The van der Waals surface area contributed by atoms with Crippen LogP contribution in [0.15, 0.2) is 63.8 Å². The van der Waals surface area contributed by atoms with E-state index >= 15 is 0 Å². The number of hydrogen-bond acceptors (Lipinski definition) is 5. The molecule has 27 heavy (non-hydrogen) atoms. The number of hydrogen-bond donors (Lipinski definition) is 1. The molecule has 2 heterocycles. The number of aromatic nitrogens is 1. The highest BCUT2D eigenvalue weighted by molar-refractivity contribution is 7.07. The average molecular weight is 382 g/mol. The quantitative estimate of drug-likeness (QED) is 0.423. The van der Waals surface area contributed by atoms with Crippen LogP contribution in [0.5, 0.6) is 5.75 Å². The lowest BCUT2D eigenvalue weighted by Gasteiger charge is -2.07. The highest BCUT2D eigenvalue weighted by Crippen LogP contribution is 2.30. The van der Waals surface area contributed by atoms with Crippen molar-refractivity contribution >= 4 is 22.2 Å². The number of rotatable bonds is 8. The van der Waals surface area contributed by atoms with Gasteiger partial charge in [0.1, 0.15) is 17.1 Å². The summed E-state index contributed by atoms with van der Waals surface area (Å²) in [5, 5.41) is 12.4. The van der Waals surface area contributed by atoms with Gasteiger partial charge in [0.2, 0.25) is 0 Å². The molecule has 1 N–H and O–H groups in total. The number of nitrogens with zero attached hydrogens (tertiary/aromatic N) is 1. The number of benzene rings is 2. The molecule has 2 aromatic carbocycles. The maximum Gasteiger partial charge on any atom is 0.174 e. The highest BCUT2D eigenvalue weighted by atomic mass is 32.1. The van der Waals surface area contributed by atoms with Gasteiger partial charge in [-0.15, -0.1) is 0 Å². The molecule has 0 fully saturated rings. The third-order valence-electron chi connectivity index (χ3n) is 4.23. The van der Waals surface area contributed by atoms with Gasteiger partial charge in [0.15, 0.2) is 5.76 Å². The van der Waals surface area contributed by atoms with Crippen molar-refractivity contribution in [1.82, 2.24) is 10.5 Å². The van der Waals surface area contributed by atoms with Crippen molar-refractivity contribution in [3.8, 4) is 17.1 Å². The Kier molecular flexibility index (Phi) is 5.46. The number of fused-ring (bicyclic) bond motifs is 1. The number of nitrogens with one attached hydrogen (secondary N) is 1. The molecule has 0 aliphatic carbocycles. The Hall–Kier alpha value is -2.70. The van der Waals surface area contributed by atoms with Gasteiger partial charge in [0.25, 0.3) is 0 Å². The van der Waals surface area contributed by atoms with Crippen LogP contribution in [0, 0.1) is 5.82 Å². The first-order chi connectivity index (χ1) is 13.3. The molecule has 0 aliphatic heterocycles. The van der Waals surface area contributed by atoms with Crippen molar-refractivity contribution in [3.63, 3.8) is 0 Å². The van der Waals surface area contributed by atoms with E-state index in [9.17, 15) is 4.39 Å². The van der Waals surface area contributed by atoms with Crippen molar-refractivity contribution in [2.45, 2.75) is 13.0 Å². The normalized spacial score (nSPS) is 11.1. The molecule has 0 radical (unpaired) electrons. The van der Waals surface area contributed by atoms with Gasteiger partial charge in [-0.05, 0) is 71.8 Å². The Bertz CT molecular complexity index is 997. The first-order valence-corrected chi connectivity index (χ1v) is 9.74. The van der Waals surface area contributed by atoms with Crippen LogP contribution in [0.3, 0.4) is 0 Å². The summed E-state index contributed by atoms with van der Waals surface area (Å²) in [7, 11) is 0. The van der Waals surface area contributed by atoms with Crippen LogP contribution in [0.1, 0.15) is 12.0 Å². The third kappa shape index (κ3) is 4.35. The molecule has 0 aliphatic rings. The minimum Gasteiger partial charge on any atom is -0.494 e. The molecular formula is C21H19FN2O2S. The van der Waals surface area contributed by atoms with Gasteiger partial charge in [-0.25, -0.2) is 4.39 Å². The van der Waals surface area contributed by atoms with Gasteiger partial charge in [-0.2, -0.15) is 11.3 Å². The minimum atomic E-state index is -0.323. The Morgan fingerprint density at radius 3 is 2.81 bits per heavy atom. The number of ether oxygens (including phenoxy) is 1. The second-order valence-corrected chi connectivity index (χ2v) is 6.99. The van der Waals surface area contributed by atoms with E-state index in [1.807, 2.05) is 24.3 Å². The van der Waals surface area contributed by atoms with Gasteiger partial charge in [0, 0.05) is 23.6 Å². The van der Waals surface area contributed by atoms with Crippen LogP contribution in [0.4, 0.5) is 4.39 Å². The second kappa shape index (κ2) is 8.33. The molecular weight excluding hydrogens is 363 g/mol. The zero-order chi connectivity index (χ0) is 18.5. The standard InChI is InChI=1S/C21H19FN2O2S/c22-17-4-7-19-20(12-17)24-26-21(19)16-2-5-18(6-3-16)25-10-1-9-23-13-15-8-11-27-14-15/h2-8,11-12,14,23H,1,9-10,13H2. The lowest BCUT2D eigenvalue weighted by molar-refractivity contribution is 0.308. The minimum absolute atomic E-state index is 0.323. The van der Waals surface area contributed by atoms with E-state index < -0.39 is 0 Å². The molecule has 0 saturated carbocycles.